The van der Waals surface area contributed by atoms with Gasteiger partial charge in [-0.25, -0.2) is 4.79 Å². The zero-order valence-corrected chi connectivity index (χ0v) is 14.9. The van der Waals surface area contributed by atoms with Crippen molar-refractivity contribution in [1.29, 1.82) is 0 Å². The first-order valence-electron chi connectivity index (χ1n) is 8.58. The van der Waals surface area contributed by atoms with Crippen LogP contribution in [0.1, 0.15) is 51.7 Å². The molecular weight excluding hydrogens is 304 g/mol. The molecular formula is C19H26N2O3. The molecule has 2 heterocycles. The van der Waals surface area contributed by atoms with Gasteiger partial charge in [-0.1, -0.05) is 45.0 Å². The molecule has 2 unspecified atom stereocenters. The maximum Gasteiger partial charge on any atom is 0.325 e. The Morgan fingerprint density at radius 1 is 1.25 bits per heavy atom. The van der Waals surface area contributed by atoms with Gasteiger partial charge in [-0.15, -0.1) is 0 Å². The number of imide groups is 1. The Balaban J connectivity index is 1.82. The van der Waals surface area contributed by atoms with Gasteiger partial charge in [0.05, 0.1) is 12.6 Å². The zero-order valence-electron chi connectivity index (χ0n) is 14.9. The SMILES string of the molecule is CC(C)(C)c1ccc(C2(C)NC(=O)N(CC3CCCO3)C2=O)cc1. The maximum absolute atomic E-state index is 12.9. The molecule has 2 aliphatic rings. The summed E-state index contributed by atoms with van der Waals surface area (Å²) in [5.74, 6) is -0.202. The summed E-state index contributed by atoms with van der Waals surface area (Å²) >= 11 is 0. The first kappa shape index (κ1) is 17.0. The Labute approximate surface area is 143 Å². The molecule has 1 aromatic carbocycles. The highest BCUT2D eigenvalue weighted by Gasteiger charge is 2.49. The molecule has 5 nitrogen and oxygen atoms in total. The summed E-state index contributed by atoms with van der Waals surface area (Å²) in [5, 5.41) is 2.86. The fraction of sp³-hybridized carbons (Fsp3) is 0.579. The van der Waals surface area contributed by atoms with Gasteiger partial charge in [-0.3, -0.25) is 9.69 Å². The van der Waals surface area contributed by atoms with E-state index < -0.39 is 5.54 Å². The summed E-state index contributed by atoms with van der Waals surface area (Å²) in [6.07, 6.45) is 1.85. The number of carbonyl (C=O) groups excluding carboxylic acids is 2. The number of carbonyl (C=O) groups is 2. The topological polar surface area (TPSA) is 58.6 Å². The molecule has 1 N–H and O–H groups in total. The van der Waals surface area contributed by atoms with Crippen molar-refractivity contribution in [2.24, 2.45) is 0 Å². The molecule has 1 aromatic rings. The molecule has 2 saturated heterocycles. The fourth-order valence-corrected chi connectivity index (χ4v) is 3.35. The Hall–Kier alpha value is -1.88. The molecule has 0 radical (unpaired) electrons. The van der Waals surface area contributed by atoms with Gasteiger partial charge >= 0.3 is 6.03 Å². The third-order valence-electron chi connectivity index (χ3n) is 5.01. The van der Waals surface area contributed by atoms with E-state index in [0.717, 1.165) is 18.4 Å². The average molecular weight is 330 g/mol. The maximum atomic E-state index is 12.9. The zero-order chi connectivity index (χ0) is 17.5. The second kappa shape index (κ2) is 5.88. The Kier molecular flexibility index (Phi) is 4.16. The van der Waals surface area contributed by atoms with E-state index in [-0.39, 0.29) is 23.5 Å². The number of hydrogen-bond acceptors (Lipinski definition) is 3. The molecule has 0 aliphatic carbocycles. The highest BCUT2D eigenvalue weighted by molar-refractivity contribution is 6.07. The van der Waals surface area contributed by atoms with Gasteiger partial charge in [0.15, 0.2) is 0 Å². The lowest BCUT2D eigenvalue weighted by Gasteiger charge is -2.25. The number of nitrogens with zero attached hydrogens (tertiary/aromatic N) is 1. The first-order valence-corrected chi connectivity index (χ1v) is 8.58. The monoisotopic (exact) mass is 330 g/mol. The minimum atomic E-state index is -1.01. The number of nitrogens with one attached hydrogen (secondary N) is 1. The molecule has 0 bridgehead atoms. The van der Waals surface area contributed by atoms with Gasteiger partial charge < -0.3 is 10.1 Å². The van der Waals surface area contributed by atoms with Crippen LogP contribution in [-0.4, -0.2) is 36.1 Å². The molecule has 2 atom stereocenters. The number of amides is 3. The third kappa shape index (κ3) is 2.93. The summed E-state index contributed by atoms with van der Waals surface area (Å²) < 4.78 is 5.56. The number of hydrogen-bond donors (Lipinski definition) is 1. The smallest absolute Gasteiger partial charge is 0.325 e. The van der Waals surface area contributed by atoms with Crippen molar-refractivity contribution in [2.45, 2.75) is 57.6 Å². The van der Waals surface area contributed by atoms with Crippen LogP contribution in [0.3, 0.4) is 0 Å². The number of rotatable bonds is 3. The van der Waals surface area contributed by atoms with Crippen molar-refractivity contribution in [3.05, 3.63) is 35.4 Å². The van der Waals surface area contributed by atoms with Crippen LogP contribution in [0.2, 0.25) is 0 Å². The van der Waals surface area contributed by atoms with Crippen molar-refractivity contribution < 1.29 is 14.3 Å². The lowest BCUT2D eigenvalue weighted by molar-refractivity contribution is -0.132. The molecule has 3 rings (SSSR count). The Bertz CT molecular complexity index is 642. The van der Waals surface area contributed by atoms with Crippen molar-refractivity contribution in [3.63, 3.8) is 0 Å². The molecule has 0 aromatic heterocycles. The molecule has 0 saturated carbocycles. The van der Waals surface area contributed by atoms with Gasteiger partial charge in [0, 0.05) is 6.61 Å². The van der Waals surface area contributed by atoms with Crippen LogP contribution in [-0.2, 0) is 20.5 Å². The molecule has 130 valence electrons. The van der Waals surface area contributed by atoms with Crippen molar-refractivity contribution in [3.8, 4) is 0 Å². The first-order chi connectivity index (χ1) is 11.2. The van der Waals surface area contributed by atoms with Crippen LogP contribution in [0.25, 0.3) is 0 Å². The van der Waals surface area contributed by atoms with E-state index >= 15 is 0 Å². The van der Waals surface area contributed by atoms with Crippen molar-refractivity contribution in [1.82, 2.24) is 10.2 Å². The predicted molar refractivity (Wildman–Crippen MR) is 91.7 cm³/mol. The summed E-state index contributed by atoms with van der Waals surface area (Å²) in [4.78, 5) is 26.5. The van der Waals surface area contributed by atoms with Crippen molar-refractivity contribution >= 4 is 11.9 Å². The highest BCUT2D eigenvalue weighted by Crippen LogP contribution is 2.31. The van der Waals surface area contributed by atoms with Crippen LogP contribution in [0.4, 0.5) is 4.79 Å². The Morgan fingerprint density at radius 3 is 2.46 bits per heavy atom. The van der Waals surface area contributed by atoms with E-state index in [1.807, 2.05) is 24.3 Å². The lowest BCUT2D eigenvalue weighted by atomic mass is 9.84. The van der Waals surface area contributed by atoms with Crippen molar-refractivity contribution in [2.75, 3.05) is 13.2 Å². The minimum Gasteiger partial charge on any atom is -0.376 e. The van der Waals surface area contributed by atoms with Gasteiger partial charge in [0.25, 0.3) is 5.91 Å². The molecule has 3 amide bonds. The molecule has 2 aliphatic heterocycles. The molecule has 5 heteroatoms. The van der Waals surface area contributed by atoms with E-state index in [9.17, 15) is 9.59 Å². The van der Waals surface area contributed by atoms with Gasteiger partial charge in [0.2, 0.25) is 0 Å². The molecule has 24 heavy (non-hydrogen) atoms. The average Bonchev–Trinajstić information content (AvgIpc) is 3.10. The van der Waals surface area contributed by atoms with E-state index in [1.165, 1.54) is 10.5 Å². The normalized spacial score (nSPS) is 27.7. The summed E-state index contributed by atoms with van der Waals surface area (Å²) in [5.41, 5.74) is 1.05. The fourth-order valence-electron chi connectivity index (χ4n) is 3.35. The van der Waals surface area contributed by atoms with E-state index in [1.54, 1.807) is 6.92 Å². The quantitative estimate of drug-likeness (QED) is 0.867. The second-order valence-corrected chi connectivity index (χ2v) is 7.93. The molecule has 0 spiro atoms. The number of benzene rings is 1. The second-order valence-electron chi connectivity index (χ2n) is 7.93. The van der Waals surface area contributed by atoms with Gasteiger partial charge in [0.1, 0.15) is 5.54 Å². The van der Waals surface area contributed by atoms with Crippen LogP contribution < -0.4 is 5.32 Å². The van der Waals surface area contributed by atoms with Gasteiger partial charge in [-0.05, 0) is 36.3 Å². The van der Waals surface area contributed by atoms with E-state index in [0.29, 0.717) is 13.2 Å². The highest BCUT2D eigenvalue weighted by atomic mass is 16.5. The van der Waals surface area contributed by atoms with Crippen LogP contribution in [0.15, 0.2) is 24.3 Å². The third-order valence-corrected chi connectivity index (χ3v) is 5.01. The summed E-state index contributed by atoms with van der Waals surface area (Å²) in [7, 11) is 0. The summed E-state index contributed by atoms with van der Waals surface area (Å²) in [6, 6.07) is 7.60. The standard InChI is InChI=1S/C19H26N2O3/c1-18(2,3)13-7-9-14(10-8-13)19(4)16(22)21(17(23)20-19)12-15-6-5-11-24-15/h7-10,15H,5-6,11-12H2,1-4H3,(H,20,23). The van der Waals surface area contributed by atoms with Crippen LogP contribution in [0, 0.1) is 0 Å². The minimum absolute atomic E-state index is 0.0367. The number of ether oxygens (including phenoxy) is 1. The predicted octanol–water partition coefficient (Wildman–Crippen LogP) is 2.93. The lowest BCUT2D eigenvalue weighted by Crippen LogP contribution is -2.42. The van der Waals surface area contributed by atoms with E-state index in [4.69, 9.17) is 4.74 Å². The van der Waals surface area contributed by atoms with E-state index in [2.05, 4.69) is 26.1 Å². The van der Waals surface area contributed by atoms with Crippen LogP contribution >= 0.6 is 0 Å². The van der Waals surface area contributed by atoms with Crippen LogP contribution in [0.5, 0.6) is 0 Å². The molecule has 2 fully saturated rings. The summed E-state index contributed by atoms with van der Waals surface area (Å²) in [6.45, 7) is 9.26. The largest absolute Gasteiger partial charge is 0.376 e. The Morgan fingerprint density at radius 2 is 1.92 bits per heavy atom. The van der Waals surface area contributed by atoms with Gasteiger partial charge in [-0.2, -0.15) is 0 Å². The number of urea groups is 1.